The molecule has 4 N–H and O–H groups in total. The van der Waals surface area contributed by atoms with E-state index in [2.05, 4.69) is 9.97 Å². The van der Waals surface area contributed by atoms with Crippen LogP contribution in [0.5, 0.6) is 0 Å². The average Bonchev–Trinajstić information content (AvgIpc) is 2.64. The molecule has 4 rings (SSSR count). The molecule has 1 aromatic carbocycles. The van der Waals surface area contributed by atoms with Crippen molar-refractivity contribution in [1.82, 2.24) is 9.97 Å². The maximum Gasteiger partial charge on any atom is 0.248 e. The number of ether oxygens (including phenoxy) is 1. The van der Waals surface area contributed by atoms with E-state index < -0.39 is 0 Å². The van der Waals surface area contributed by atoms with Gasteiger partial charge in [-0.05, 0) is 30.4 Å². The number of para-hydroxylation sites is 1. The Bertz CT molecular complexity index is 952. The molecule has 1 atom stereocenters. The van der Waals surface area contributed by atoms with Gasteiger partial charge in [0, 0.05) is 30.0 Å². The first-order valence-corrected chi connectivity index (χ1v) is 8.71. The molecule has 0 spiro atoms. The molecule has 1 aliphatic heterocycles. The van der Waals surface area contributed by atoms with Crippen LogP contribution in [0.1, 0.15) is 12.8 Å². The molecule has 0 radical (unpaired) electrons. The molecule has 1 saturated heterocycles. The number of nitrogen functional groups attached to an aromatic ring is 1. The Morgan fingerprint density at radius 2 is 2.12 bits per heavy atom. The molecule has 3 aromatic rings. The third-order valence-electron chi connectivity index (χ3n) is 4.06. The van der Waals surface area contributed by atoms with Crippen LogP contribution in [-0.4, -0.2) is 34.4 Å². The first-order valence-electron chi connectivity index (χ1n) is 8.34. The van der Waals surface area contributed by atoms with Gasteiger partial charge in [0.1, 0.15) is 5.82 Å². The van der Waals surface area contributed by atoms with E-state index in [1.165, 1.54) is 12.3 Å². The van der Waals surface area contributed by atoms with E-state index in [-0.39, 0.29) is 11.7 Å². The van der Waals surface area contributed by atoms with Crippen molar-refractivity contribution in [3.8, 4) is 11.1 Å². The van der Waals surface area contributed by atoms with E-state index in [1.54, 1.807) is 12.1 Å². The maximum atomic E-state index is 11.5. The number of aliphatic hydroxyl groups is 1. The molecule has 0 aliphatic carbocycles. The van der Waals surface area contributed by atoms with Crippen LogP contribution in [0.3, 0.4) is 0 Å². The smallest absolute Gasteiger partial charge is 0.248 e. The van der Waals surface area contributed by atoms with E-state index in [4.69, 9.17) is 27.2 Å². The molecular formula is C19H20ClN3O3. The van der Waals surface area contributed by atoms with Crippen molar-refractivity contribution in [3.63, 3.8) is 0 Å². The highest BCUT2D eigenvalue weighted by molar-refractivity contribution is 6.33. The van der Waals surface area contributed by atoms with Gasteiger partial charge < -0.3 is 20.6 Å². The van der Waals surface area contributed by atoms with Crippen LogP contribution in [0.25, 0.3) is 22.0 Å². The lowest BCUT2D eigenvalue weighted by atomic mass is 10.0. The molecule has 0 bridgehead atoms. The standard InChI is InChI=1S/C14H10ClN3O.C5H10O2/c15-11-7-17-12(16)6-10(11)9-3-1-2-8-4-5-13(19)18-14(8)9;6-5-2-1-3-7-4-5/h1-7H,(H2,16,17)(H,18,19);5-6H,1-4H2. The number of nitrogens with two attached hydrogens (primary N) is 1. The van der Waals surface area contributed by atoms with E-state index in [0.717, 1.165) is 41.5 Å². The van der Waals surface area contributed by atoms with Gasteiger partial charge in [-0.3, -0.25) is 4.79 Å². The van der Waals surface area contributed by atoms with Crippen LogP contribution in [0.15, 0.2) is 47.4 Å². The quantitative estimate of drug-likeness (QED) is 0.608. The number of nitrogens with zero attached hydrogens (tertiary/aromatic N) is 1. The van der Waals surface area contributed by atoms with Crippen molar-refractivity contribution < 1.29 is 9.84 Å². The number of fused-ring (bicyclic) bond motifs is 1. The average molecular weight is 374 g/mol. The van der Waals surface area contributed by atoms with E-state index in [9.17, 15) is 4.79 Å². The Morgan fingerprint density at radius 1 is 1.27 bits per heavy atom. The third kappa shape index (κ3) is 4.40. The van der Waals surface area contributed by atoms with Crippen LogP contribution in [0.4, 0.5) is 5.82 Å². The Balaban J connectivity index is 0.000000236. The summed E-state index contributed by atoms with van der Waals surface area (Å²) in [6.07, 6.45) is 3.25. The number of anilines is 1. The molecule has 0 amide bonds. The minimum Gasteiger partial charge on any atom is -0.391 e. The van der Waals surface area contributed by atoms with Crippen molar-refractivity contribution >= 4 is 28.3 Å². The van der Waals surface area contributed by atoms with Crippen LogP contribution < -0.4 is 11.3 Å². The number of halogens is 1. The number of aromatic amines is 1. The van der Waals surface area contributed by atoms with Gasteiger partial charge in [-0.15, -0.1) is 0 Å². The summed E-state index contributed by atoms with van der Waals surface area (Å²) in [5.41, 5.74) is 7.86. The fourth-order valence-corrected chi connectivity index (χ4v) is 2.99. The maximum absolute atomic E-state index is 11.5. The second kappa shape index (κ2) is 8.31. The highest BCUT2D eigenvalue weighted by atomic mass is 35.5. The molecule has 26 heavy (non-hydrogen) atoms. The summed E-state index contributed by atoms with van der Waals surface area (Å²) >= 11 is 6.16. The highest BCUT2D eigenvalue weighted by Crippen LogP contribution is 2.32. The van der Waals surface area contributed by atoms with Crippen molar-refractivity contribution in [2.45, 2.75) is 18.9 Å². The number of benzene rings is 1. The summed E-state index contributed by atoms with van der Waals surface area (Å²) in [4.78, 5) is 18.3. The Hall–Kier alpha value is -2.41. The molecular weight excluding hydrogens is 354 g/mol. The number of hydrogen-bond donors (Lipinski definition) is 3. The predicted molar refractivity (Wildman–Crippen MR) is 103 cm³/mol. The summed E-state index contributed by atoms with van der Waals surface area (Å²) in [5, 5.41) is 10.2. The number of hydrogen-bond acceptors (Lipinski definition) is 5. The van der Waals surface area contributed by atoms with E-state index in [0.29, 0.717) is 17.4 Å². The Kier molecular flexibility index (Phi) is 5.88. The summed E-state index contributed by atoms with van der Waals surface area (Å²) in [6.45, 7) is 1.37. The fraction of sp³-hybridized carbons (Fsp3) is 0.263. The second-order valence-corrected chi connectivity index (χ2v) is 6.46. The topological polar surface area (TPSA) is 101 Å². The van der Waals surface area contributed by atoms with Gasteiger partial charge in [0.25, 0.3) is 0 Å². The van der Waals surface area contributed by atoms with Crippen LogP contribution in [0, 0.1) is 0 Å². The number of aromatic nitrogens is 2. The summed E-state index contributed by atoms with van der Waals surface area (Å²) in [5.74, 6) is 0.384. The minimum atomic E-state index is -0.186. The zero-order valence-corrected chi connectivity index (χ0v) is 14.9. The molecule has 1 aliphatic rings. The van der Waals surface area contributed by atoms with Gasteiger partial charge in [0.2, 0.25) is 5.56 Å². The van der Waals surface area contributed by atoms with Crippen molar-refractivity contribution in [1.29, 1.82) is 0 Å². The molecule has 7 heteroatoms. The van der Waals surface area contributed by atoms with Crippen molar-refractivity contribution in [2.75, 3.05) is 18.9 Å². The predicted octanol–water partition coefficient (Wildman–Crippen LogP) is 2.98. The van der Waals surface area contributed by atoms with Crippen LogP contribution in [0.2, 0.25) is 5.02 Å². The Morgan fingerprint density at radius 3 is 2.81 bits per heavy atom. The van der Waals surface area contributed by atoms with Gasteiger partial charge in [-0.2, -0.15) is 0 Å². The van der Waals surface area contributed by atoms with Gasteiger partial charge in [0.05, 0.1) is 23.3 Å². The highest BCUT2D eigenvalue weighted by Gasteiger charge is 2.09. The van der Waals surface area contributed by atoms with Gasteiger partial charge in [-0.25, -0.2) is 4.98 Å². The van der Waals surface area contributed by atoms with E-state index >= 15 is 0 Å². The zero-order valence-electron chi connectivity index (χ0n) is 14.1. The van der Waals surface area contributed by atoms with Crippen LogP contribution >= 0.6 is 11.6 Å². The molecule has 136 valence electrons. The first kappa shape index (κ1) is 18.4. The van der Waals surface area contributed by atoms with E-state index in [1.807, 2.05) is 18.2 Å². The number of rotatable bonds is 1. The molecule has 3 heterocycles. The number of nitrogens with one attached hydrogen (secondary N) is 1. The van der Waals surface area contributed by atoms with Gasteiger partial charge in [-0.1, -0.05) is 29.8 Å². The lowest BCUT2D eigenvalue weighted by Gasteiger charge is -2.15. The SMILES string of the molecule is Nc1cc(-c2cccc3ccc(=O)[nH]c23)c(Cl)cn1.OC1CCCOC1. The molecule has 0 saturated carbocycles. The van der Waals surface area contributed by atoms with Crippen molar-refractivity contribution in [2.24, 2.45) is 0 Å². The van der Waals surface area contributed by atoms with Crippen molar-refractivity contribution in [3.05, 3.63) is 58.0 Å². The fourth-order valence-electron chi connectivity index (χ4n) is 2.79. The summed E-state index contributed by atoms with van der Waals surface area (Å²) < 4.78 is 4.93. The third-order valence-corrected chi connectivity index (χ3v) is 4.36. The van der Waals surface area contributed by atoms with Crippen LogP contribution in [-0.2, 0) is 4.74 Å². The lowest BCUT2D eigenvalue weighted by molar-refractivity contribution is -0.00535. The zero-order chi connectivity index (χ0) is 18.5. The molecule has 2 aromatic heterocycles. The normalized spacial score (nSPS) is 16.8. The largest absolute Gasteiger partial charge is 0.391 e. The molecule has 1 unspecified atom stereocenters. The number of H-pyrrole nitrogens is 1. The van der Waals surface area contributed by atoms with Gasteiger partial charge in [0.15, 0.2) is 0 Å². The monoisotopic (exact) mass is 373 g/mol. The minimum absolute atomic E-state index is 0.155. The Labute approximate surface area is 155 Å². The lowest BCUT2D eigenvalue weighted by Crippen LogP contribution is -2.21. The first-order chi connectivity index (χ1) is 12.5. The summed E-state index contributed by atoms with van der Waals surface area (Å²) in [6, 6.07) is 10.7. The number of aliphatic hydroxyl groups excluding tert-OH is 1. The summed E-state index contributed by atoms with van der Waals surface area (Å²) in [7, 11) is 0. The second-order valence-electron chi connectivity index (χ2n) is 6.05. The number of pyridine rings is 2. The molecule has 1 fully saturated rings. The molecule has 6 nitrogen and oxygen atoms in total. The van der Waals surface area contributed by atoms with Gasteiger partial charge >= 0.3 is 0 Å².